The predicted octanol–water partition coefficient (Wildman–Crippen LogP) is 3.67. The number of nitrogens with zero attached hydrogens (tertiary/aromatic N) is 2. The van der Waals surface area contributed by atoms with Crippen molar-refractivity contribution in [2.75, 3.05) is 16.8 Å². The number of sulfone groups is 1. The van der Waals surface area contributed by atoms with Crippen LogP contribution in [0.4, 0.5) is 5.82 Å². The summed E-state index contributed by atoms with van der Waals surface area (Å²) >= 11 is 7.70. The zero-order chi connectivity index (χ0) is 18.5. The summed E-state index contributed by atoms with van der Waals surface area (Å²) in [7, 11) is -3.05. The van der Waals surface area contributed by atoms with E-state index in [9.17, 15) is 13.2 Å². The van der Waals surface area contributed by atoms with Gasteiger partial charge >= 0.3 is 0 Å². The van der Waals surface area contributed by atoms with Crippen LogP contribution in [0, 0.1) is 6.92 Å². The molecular formula is C17H16ClN3O3S2. The molecule has 4 rings (SSSR count). The smallest absolute Gasteiger partial charge is 0.268 e. The molecule has 0 spiro atoms. The first-order valence-corrected chi connectivity index (χ1v) is 11.1. The monoisotopic (exact) mass is 409 g/mol. The number of halogens is 1. The molecule has 0 aliphatic carbocycles. The highest BCUT2D eigenvalue weighted by molar-refractivity contribution is 7.91. The van der Waals surface area contributed by atoms with E-state index in [0.29, 0.717) is 27.8 Å². The van der Waals surface area contributed by atoms with E-state index in [4.69, 9.17) is 11.6 Å². The highest BCUT2D eigenvalue weighted by atomic mass is 35.5. The maximum absolute atomic E-state index is 12.8. The topological polar surface area (TPSA) is 81.1 Å². The maximum atomic E-state index is 12.8. The van der Waals surface area contributed by atoms with E-state index < -0.39 is 9.84 Å². The second kappa shape index (κ2) is 6.37. The molecule has 1 unspecified atom stereocenters. The van der Waals surface area contributed by atoms with E-state index in [1.54, 1.807) is 10.7 Å². The van der Waals surface area contributed by atoms with E-state index in [-0.39, 0.29) is 23.5 Å². The lowest BCUT2D eigenvalue weighted by atomic mass is 10.2. The average Bonchev–Trinajstić information content (AvgIpc) is 3.23. The highest BCUT2D eigenvalue weighted by Crippen LogP contribution is 2.36. The van der Waals surface area contributed by atoms with Crippen molar-refractivity contribution in [2.45, 2.75) is 19.4 Å². The molecule has 1 fully saturated rings. The van der Waals surface area contributed by atoms with Gasteiger partial charge < -0.3 is 5.32 Å². The molecule has 3 aromatic rings. The molecule has 1 aliphatic heterocycles. The van der Waals surface area contributed by atoms with E-state index >= 15 is 0 Å². The first-order chi connectivity index (χ1) is 12.3. The summed E-state index contributed by atoms with van der Waals surface area (Å²) in [4.78, 5) is 13.2. The van der Waals surface area contributed by atoms with Crippen molar-refractivity contribution in [1.29, 1.82) is 0 Å². The summed E-state index contributed by atoms with van der Waals surface area (Å²) in [6.07, 6.45) is 0.496. The third-order valence-corrected chi connectivity index (χ3v) is 7.82. The van der Waals surface area contributed by atoms with Crippen LogP contribution < -0.4 is 5.32 Å². The van der Waals surface area contributed by atoms with Gasteiger partial charge in [0.1, 0.15) is 10.7 Å². The zero-order valence-corrected chi connectivity index (χ0v) is 16.3. The molecule has 0 bridgehead atoms. The summed E-state index contributed by atoms with van der Waals surface area (Å²) in [6, 6.07) is 9.05. The number of thiophene rings is 1. The van der Waals surface area contributed by atoms with Crippen LogP contribution in [0.3, 0.4) is 0 Å². The van der Waals surface area contributed by atoms with Crippen LogP contribution in [0.1, 0.15) is 27.8 Å². The molecule has 136 valence electrons. The molecule has 1 atom stereocenters. The van der Waals surface area contributed by atoms with Crippen LogP contribution in [0.15, 0.2) is 30.3 Å². The van der Waals surface area contributed by atoms with Crippen molar-refractivity contribution in [1.82, 2.24) is 9.78 Å². The quantitative estimate of drug-likeness (QED) is 0.715. The van der Waals surface area contributed by atoms with Crippen molar-refractivity contribution < 1.29 is 13.2 Å². The van der Waals surface area contributed by atoms with Gasteiger partial charge in [-0.3, -0.25) is 4.79 Å². The average molecular weight is 410 g/mol. The lowest BCUT2D eigenvalue weighted by Gasteiger charge is -2.13. The Morgan fingerprint density at radius 3 is 2.85 bits per heavy atom. The van der Waals surface area contributed by atoms with Crippen molar-refractivity contribution in [2.24, 2.45) is 0 Å². The SMILES string of the molecule is Cc1cc(NC(=O)c2sc3ccccc3c2Cl)n(C2CCS(=O)(=O)C2)n1. The molecule has 2 aromatic heterocycles. The number of rotatable bonds is 3. The van der Waals surface area contributed by atoms with E-state index in [0.717, 1.165) is 10.1 Å². The molecular weight excluding hydrogens is 394 g/mol. The van der Waals surface area contributed by atoms with Gasteiger partial charge in [0, 0.05) is 16.2 Å². The van der Waals surface area contributed by atoms with Crippen molar-refractivity contribution >= 4 is 54.6 Å². The summed E-state index contributed by atoms with van der Waals surface area (Å²) in [5.41, 5.74) is 0.715. The van der Waals surface area contributed by atoms with Gasteiger partial charge in [-0.1, -0.05) is 29.8 Å². The Bertz CT molecular complexity index is 1120. The Morgan fingerprint density at radius 1 is 1.38 bits per heavy atom. The van der Waals surface area contributed by atoms with Crippen LogP contribution in [-0.4, -0.2) is 35.6 Å². The Kier molecular flexibility index (Phi) is 4.29. The summed E-state index contributed by atoms with van der Waals surface area (Å²) in [5, 5.41) is 8.49. The predicted molar refractivity (Wildman–Crippen MR) is 104 cm³/mol. The number of carbonyl (C=O) groups excluding carboxylic acids is 1. The third-order valence-electron chi connectivity index (χ3n) is 4.39. The van der Waals surface area contributed by atoms with Crippen molar-refractivity contribution in [3.8, 4) is 0 Å². The van der Waals surface area contributed by atoms with E-state index in [1.807, 2.05) is 31.2 Å². The fourth-order valence-corrected chi connectivity index (χ4v) is 6.29. The summed E-state index contributed by atoms with van der Waals surface area (Å²) < 4.78 is 26.1. The molecule has 1 N–H and O–H groups in total. The number of nitrogens with one attached hydrogen (secondary N) is 1. The number of carbonyl (C=O) groups is 1. The molecule has 0 radical (unpaired) electrons. The third kappa shape index (κ3) is 3.13. The molecule has 26 heavy (non-hydrogen) atoms. The van der Waals surface area contributed by atoms with Crippen LogP contribution in [0.5, 0.6) is 0 Å². The van der Waals surface area contributed by atoms with Gasteiger partial charge in [-0.2, -0.15) is 5.10 Å². The normalized spacial score (nSPS) is 19.1. The molecule has 6 nitrogen and oxygen atoms in total. The second-order valence-electron chi connectivity index (χ2n) is 6.37. The molecule has 1 aliphatic rings. The fraction of sp³-hybridized carbons (Fsp3) is 0.294. The first kappa shape index (κ1) is 17.5. The Balaban J connectivity index is 1.65. The first-order valence-electron chi connectivity index (χ1n) is 8.09. The number of anilines is 1. The minimum Gasteiger partial charge on any atom is -0.306 e. The van der Waals surface area contributed by atoms with Crippen molar-refractivity contribution in [3.05, 3.63) is 45.9 Å². The number of amides is 1. The lowest BCUT2D eigenvalue weighted by Crippen LogP contribution is -2.19. The molecule has 0 saturated carbocycles. The number of aromatic nitrogens is 2. The minimum absolute atomic E-state index is 0.0423. The number of aryl methyl sites for hydroxylation is 1. The van der Waals surface area contributed by atoms with Gasteiger partial charge in [0.15, 0.2) is 9.84 Å². The van der Waals surface area contributed by atoms with Gasteiger partial charge in [0.2, 0.25) is 0 Å². The summed E-state index contributed by atoms with van der Waals surface area (Å²) in [5.74, 6) is 0.355. The van der Waals surface area contributed by atoms with Gasteiger partial charge in [-0.15, -0.1) is 11.3 Å². The largest absolute Gasteiger partial charge is 0.306 e. The van der Waals surface area contributed by atoms with E-state index in [1.165, 1.54) is 11.3 Å². The van der Waals surface area contributed by atoms with Crippen LogP contribution >= 0.6 is 22.9 Å². The maximum Gasteiger partial charge on any atom is 0.268 e. The van der Waals surface area contributed by atoms with Gasteiger partial charge in [0.25, 0.3) is 5.91 Å². The van der Waals surface area contributed by atoms with Crippen LogP contribution in [0.2, 0.25) is 5.02 Å². The Morgan fingerprint density at radius 2 is 2.15 bits per heavy atom. The molecule has 1 aromatic carbocycles. The van der Waals surface area contributed by atoms with Gasteiger partial charge in [0.05, 0.1) is 28.3 Å². The minimum atomic E-state index is -3.05. The second-order valence-corrected chi connectivity index (χ2v) is 10.0. The van der Waals surface area contributed by atoms with Crippen LogP contribution in [0.25, 0.3) is 10.1 Å². The lowest BCUT2D eigenvalue weighted by molar-refractivity contribution is 0.102. The standard InChI is InChI=1S/C17H16ClN3O3S2/c1-10-8-14(21(20-10)11-6-7-26(23,24)9-11)19-17(22)16-15(18)12-4-2-3-5-13(12)25-16/h2-5,8,11H,6-7,9H2,1H3,(H,19,22). The zero-order valence-electron chi connectivity index (χ0n) is 13.9. The van der Waals surface area contributed by atoms with Gasteiger partial charge in [-0.05, 0) is 19.4 Å². The molecule has 3 heterocycles. The number of hydrogen-bond acceptors (Lipinski definition) is 5. The highest BCUT2D eigenvalue weighted by Gasteiger charge is 2.31. The number of fused-ring (bicyclic) bond motifs is 1. The Hall–Kier alpha value is -1.90. The fourth-order valence-electron chi connectivity index (χ4n) is 3.19. The van der Waals surface area contributed by atoms with Crippen molar-refractivity contribution in [3.63, 3.8) is 0 Å². The Labute approximate surface area is 159 Å². The number of benzene rings is 1. The molecule has 1 amide bonds. The summed E-state index contributed by atoms with van der Waals surface area (Å²) in [6.45, 7) is 1.81. The van der Waals surface area contributed by atoms with Gasteiger partial charge in [-0.25, -0.2) is 13.1 Å². The number of hydrogen-bond donors (Lipinski definition) is 1. The van der Waals surface area contributed by atoms with Crippen LogP contribution in [-0.2, 0) is 9.84 Å². The molecule has 1 saturated heterocycles. The molecule has 9 heteroatoms. The van der Waals surface area contributed by atoms with E-state index in [2.05, 4.69) is 10.4 Å².